The average Bonchev–Trinajstić information content (AvgIpc) is 2.47. The average molecular weight is 285 g/mol. The van der Waals surface area contributed by atoms with Crippen LogP contribution in [0.4, 0.5) is 5.69 Å². The quantitative estimate of drug-likeness (QED) is 0.841. The lowest BCUT2D eigenvalue weighted by Gasteiger charge is -2.19. The molecule has 2 rings (SSSR count). The first-order chi connectivity index (χ1) is 9.72. The Bertz CT molecular complexity index is 599. The SMILES string of the molecule is CCC(Nc1ccc(CC#N)cc1)c1cccc(Cl)c1. The molecular weight excluding hydrogens is 268 g/mol. The summed E-state index contributed by atoms with van der Waals surface area (Å²) >= 11 is 6.05. The normalized spacial score (nSPS) is 11.7. The van der Waals surface area contributed by atoms with Crippen LogP contribution in [0.1, 0.15) is 30.5 Å². The van der Waals surface area contributed by atoms with Crippen molar-refractivity contribution in [2.75, 3.05) is 5.32 Å². The number of hydrogen-bond acceptors (Lipinski definition) is 2. The fourth-order valence-electron chi connectivity index (χ4n) is 2.16. The Kier molecular flexibility index (Phi) is 5.03. The van der Waals surface area contributed by atoms with Crippen LogP contribution in [0.3, 0.4) is 0 Å². The molecule has 20 heavy (non-hydrogen) atoms. The molecule has 0 saturated carbocycles. The standard InChI is InChI=1S/C17H17ClN2/c1-2-17(14-4-3-5-15(18)12-14)20-16-8-6-13(7-9-16)10-11-19/h3-9,12,17,20H,2,10H2,1H3. The van der Waals surface area contributed by atoms with Crippen LogP contribution < -0.4 is 5.32 Å². The van der Waals surface area contributed by atoms with E-state index in [0.29, 0.717) is 6.42 Å². The molecule has 0 fully saturated rings. The number of benzene rings is 2. The number of nitriles is 1. The highest BCUT2D eigenvalue weighted by Crippen LogP contribution is 2.24. The van der Waals surface area contributed by atoms with Gasteiger partial charge in [0.25, 0.3) is 0 Å². The summed E-state index contributed by atoms with van der Waals surface area (Å²) in [4.78, 5) is 0. The number of rotatable bonds is 5. The maximum Gasteiger partial charge on any atom is 0.0669 e. The van der Waals surface area contributed by atoms with Crippen LogP contribution in [0.2, 0.25) is 5.02 Å². The molecule has 1 N–H and O–H groups in total. The first-order valence-corrected chi connectivity index (χ1v) is 7.08. The molecule has 0 aliphatic heterocycles. The minimum Gasteiger partial charge on any atom is -0.378 e. The highest BCUT2D eigenvalue weighted by atomic mass is 35.5. The van der Waals surface area contributed by atoms with Crippen LogP contribution in [0.15, 0.2) is 48.5 Å². The van der Waals surface area contributed by atoms with Gasteiger partial charge in [0, 0.05) is 10.7 Å². The molecule has 0 aromatic heterocycles. The van der Waals surface area contributed by atoms with Gasteiger partial charge in [-0.15, -0.1) is 0 Å². The van der Waals surface area contributed by atoms with Crippen molar-refractivity contribution in [1.29, 1.82) is 5.26 Å². The predicted molar refractivity (Wildman–Crippen MR) is 83.9 cm³/mol. The van der Waals surface area contributed by atoms with Crippen LogP contribution in [-0.4, -0.2) is 0 Å². The summed E-state index contributed by atoms with van der Waals surface area (Å²) < 4.78 is 0. The molecule has 2 aromatic rings. The topological polar surface area (TPSA) is 35.8 Å². The van der Waals surface area contributed by atoms with E-state index in [-0.39, 0.29) is 6.04 Å². The lowest BCUT2D eigenvalue weighted by atomic mass is 10.0. The Morgan fingerprint density at radius 1 is 1.20 bits per heavy atom. The summed E-state index contributed by atoms with van der Waals surface area (Å²) in [6.07, 6.45) is 1.42. The minimum atomic E-state index is 0.232. The van der Waals surface area contributed by atoms with Gasteiger partial charge in [-0.25, -0.2) is 0 Å². The summed E-state index contributed by atoms with van der Waals surface area (Å²) in [5.41, 5.74) is 3.27. The Labute approximate surface area is 125 Å². The van der Waals surface area contributed by atoms with Gasteiger partial charge in [0.05, 0.1) is 18.5 Å². The monoisotopic (exact) mass is 284 g/mol. The van der Waals surface area contributed by atoms with Crippen molar-refractivity contribution >= 4 is 17.3 Å². The van der Waals surface area contributed by atoms with Gasteiger partial charge in [-0.05, 0) is 41.8 Å². The first kappa shape index (κ1) is 14.4. The third kappa shape index (κ3) is 3.76. The maximum absolute atomic E-state index is 8.67. The van der Waals surface area contributed by atoms with E-state index in [4.69, 9.17) is 16.9 Å². The number of halogens is 1. The predicted octanol–water partition coefficient (Wildman–Crippen LogP) is 4.97. The van der Waals surface area contributed by atoms with Crippen molar-refractivity contribution in [1.82, 2.24) is 0 Å². The molecule has 2 aromatic carbocycles. The van der Waals surface area contributed by atoms with Crippen molar-refractivity contribution in [3.8, 4) is 6.07 Å². The third-order valence-electron chi connectivity index (χ3n) is 3.24. The highest BCUT2D eigenvalue weighted by Gasteiger charge is 2.09. The Morgan fingerprint density at radius 3 is 2.55 bits per heavy atom. The number of anilines is 1. The molecule has 1 atom stereocenters. The van der Waals surface area contributed by atoms with Crippen molar-refractivity contribution in [2.45, 2.75) is 25.8 Å². The summed E-state index contributed by atoms with van der Waals surface area (Å²) in [6.45, 7) is 2.14. The molecule has 0 saturated heterocycles. The summed E-state index contributed by atoms with van der Waals surface area (Å²) in [5, 5.41) is 12.9. The fraction of sp³-hybridized carbons (Fsp3) is 0.235. The van der Waals surface area contributed by atoms with Gasteiger partial charge in [-0.2, -0.15) is 5.26 Å². The molecule has 0 spiro atoms. The van der Waals surface area contributed by atoms with E-state index in [9.17, 15) is 0 Å². The maximum atomic E-state index is 8.67. The Hall–Kier alpha value is -1.98. The lowest BCUT2D eigenvalue weighted by molar-refractivity contribution is 0.749. The number of nitrogens with zero attached hydrogens (tertiary/aromatic N) is 1. The fourth-order valence-corrected chi connectivity index (χ4v) is 2.35. The lowest BCUT2D eigenvalue weighted by Crippen LogP contribution is -2.09. The van der Waals surface area contributed by atoms with Crippen molar-refractivity contribution in [3.63, 3.8) is 0 Å². The molecular formula is C17H17ClN2. The van der Waals surface area contributed by atoms with Crippen LogP contribution in [0.25, 0.3) is 0 Å². The zero-order chi connectivity index (χ0) is 14.4. The summed E-state index contributed by atoms with van der Waals surface area (Å²) in [5.74, 6) is 0. The number of nitrogens with one attached hydrogen (secondary N) is 1. The zero-order valence-corrected chi connectivity index (χ0v) is 12.2. The highest BCUT2D eigenvalue weighted by molar-refractivity contribution is 6.30. The van der Waals surface area contributed by atoms with E-state index in [0.717, 1.165) is 22.7 Å². The van der Waals surface area contributed by atoms with Gasteiger partial charge < -0.3 is 5.32 Å². The second-order valence-corrected chi connectivity index (χ2v) is 5.13. The van der Waals surface area contributed by atoms with Gasteiger partial charge in [-0.1, -0.05) is 42.8 Å². The molecule has 0 bridgehead atoms. The minimum absolute atomic E-state index is 0.232. The van der Waals surface area contributed by atoms with Crippen LogP contribution >= 0.6 is 11.6 Å². The van der Waals surface area contributed by atoms with Crippen molar-refractivity contribution in [2.24, 2.45) is 0 Å². The van der Waals surface area contributed by atoms with Gasteiger partial charge in [0.2, 0.25) is 0 Å². The molecule has 0 aliphatic rings. The van der Waals surface area contributed by atoms with Crippen LogP contribution in [0, 0.1) is 11.3 Å². The van der Waals surface area contributed by atoms with E-state index in [2.05, 4.69) is 24.4 Å². The molecule has 1 unspecified atom stereocenters. The zero-order valence-electron chi connectivity index (χ0n) is 11.4. The molecule has 0 amide bonds. The summed E-state index contributed by atoms with van der Waals surface area (Å²) in [6, 6.07) is 18.3. The largest absolute Gasteiger partial charge is 0.378 e. The Morgan fingerprint density at radius 2 is 1.95 bits per heavy atom. The molecule has 0 aliphatic carbocycles. The van der Waals surface area contributed by atoms with Gasteiger partial charge in [-0.3, -0.25) is 0 Å². The van der Waals surface area contributed by atoms with Gasteiger partial charge >= 0.3 is 0 Å². The van der Waals surface area contributed by atoms with Gasteiger partial charge in [0.15, 0.2) is 0 Å². The second-order valence-electron chi connectivity index (χ2n) is 4.69. The second kappa shape index (κ2) is 6.98. The molecule has 2 nitrogen and oxygen atoms in total. The van der Waals surface area contributed by atoms with Crippen LogP contribution in [-0.2, 0) is 6.42 Å². The third-order valence-corrected chi connectivity index (χ3v) is 3.47. The van der Waals surface area contributed by atoms with E-state index < -0.39 is 0 Å². The number of hydrogen-bond donors (Lipinski definition) is 1. The first-order valence-electron chi connectivity index (χ1n) is 6.71. The molecule has 102 valence electrons. The molecule has 3 heteroatoms. The molecule has 0 heterocycles. The van der Waals surface area contributed by atoms with E-state index in [1.54, 1.807) is 0 Å². The smallest absolute Gasteiger partial charge is 0.0669 e. The van der Waals surface area contributed by atoms with Crippen molar-refractivity contribution < 1.29 is 0 Å². The Balaban J connectivity index is 2.12. The van der Waals surface area contributed by atoms with E-state index >= 15 is 0 Å². The van der Waals surface area contributed by atoms with Crippen molar-refractivity contribution in [3.05, 3.63) is 64.7 Å². The van der Waals surface area contributed by atoms with E-state index in [1.165, 1.54) is 5.56 Å². The summed E-state index contributed by atoms with van der Waals surface area (Å²) in [7, 11) is 0. The van der Waals surface area contributed by atoms with E-state index in [1.807, 2.05) is 42.5 Å². The van der Waals surface area contributed by atoms with Gasteiger partial charge in [0.1, 0.15) is 0 Å². The van der Waals surface area contributed by atoms with Crippen LogP contribution in [0.5, 0.6) is 0 Å². The molecule has 0 radical (unpaired) electrons.